The van der Waals surface area contributed by atoms with Gasteiger partial charge < -0.3 is 14.0 Å². The van der Waals surface area contributed by atoms with Crippen molar-refractivity contribution in [1.29, 1.82) is 0 Å². The summed E-state index contributed by atoms with van der Waals surface area (Å²) >= 11 is 3.70. The van der Waals surface area contributed by atoms with Gasteiger partial charge in [-0.1, -0.05) is 0 Å². The zero-order valence-corrected chi connectivity index (χ0v) is 14.5. The maximum absolute atomic E-state index is 13.1. The number of carbonyl (C=O) groups excluding carboxylic acids is 1. The van der Waals surface area contributed by atoms with Crippen LogP contribution in [0.3, 0.4) is 0 Å². The molecule has 4 rings (SSSR count). The fraction of sp³-hybridized carbons (Fsp3) is 0.385. The average Bonchev–Trinajstić information content (AvgIpc) is 3.14. The van der Waals surface area contributed by atoms with Crippen molar-refractivity contribution < 1.29 is 23.0 Å². The number of imidazole rings is 1. The molecule has 0 spiro atoms. The molecule has 1 fully saturated rings. The molecule has 2 aromatic heterocycles. The van der Waals surface area contributed by atoms with Crippen LogP contribution >= 0.6 is 33.9 Å². The first-order chi connectivity index (χ1) is 11.0. The highest BCUT2D eigenvalue weighted by atomic mass is 127. The van der Waals surface area contributed by atoms with Crippen molar-refractivity contribution in [3.63, 3.8) is 0 Å². The summed E-state index contributed by atoms with van der Waals surface area (Å²) in [7, 11) is 0. The maximum Gasteiger partial charge on any atom is 0.416 e. The molecule has 2 aliphatic heterocycles. The van der Waals surface area contributed by atoms with Gasteiger partial charge in [0.2, 0.25) is 0 Å². The van der Waals surface area contributed by atoms with E-state index in [-0.39, 0.29) is 12.4 Å². The van der Waals surface area contributed by atoms with Gasteiger partial charge in [0.25, 0.3) is 6.43 Å². The van der Waals surface area contributed by atoms with Crippen molar-refractivity contribution in [3.05, 3.63) is 15.1 Å². The van der Waals surface area contributed by atoms with Crippen LogP contribution in [0, 0.1) is 2.88 Å². The molecule has 23 heavy (non-hydrogen) atoms. The molecule has 0 N–H and O–H groups in total. The fourth-order valence-electron chi connectivity index (χ4n) is 2.62. The standard InChI is InChI=1S/C13H10F2IN3O3S/c14-11(15)6-5-22-13(20)19(6)9-4-18-1-2-21-7-3-8(16)23-10(7)12(18)17-9/h3-4,6,11H,1-2,5H2. The minimum absolute atomic E-state index is 0.184. The summed E-state index contributed by atoms with van der Waals surface area (Å²) in [5.74, 6) is 1.53. The minimum atomic E-state index is -2.69. The van der Waals surface area contributed by atoms with E-state index in [0.717, 1.165) is 18.4 Å². The van der Waals surface area contributed by atoms with Crippen LogP contribution in [0.4, 0.5) is 19.4 Å². The molecule has 1 saturated heterocycles. The van der Waals surface area contributed by atoms with Crippen LogP contribution in [0.15, 0.2) is 12.3 Å². The normalized spacial score (nSPS) is 20.1. The van der Waals surface area contributed by atoms with Gasteiger partial charge in [0.1, 0.15) is 29.9 Å². The van der Waals surface area contributed by atoms with E-state index in [1.54, 1.807) is 6.20 Å². The van der Waals surface area contributed by atoms with Gasteiger partial charge in [0, 0.05) is 12.3 Å². The summed E-state index contributed by atoms with van der Waals surface area (Å²) in [5, 5.41) is 0. The number of hydrogen-bond donors (Lipinski definition) is 0. The number of amides is 1. The molecule has 0 bridgehead atoms. The van der Waals surface area contributed by atoms with E-state index in [4.69, 9.17) is 9.47 Å². The molecule has 0 radical (unpaired) electrons. The molecule has 122 valence electrons. The molecule has 1 atom stereocenters. The van der Waals surface area contributed by atoms with Gasteiger partial charge in [-0.15, -0.1) is 11.3 Å². The molecular weight excluding hydrogens is 443 g/mol. The topological polar surface area (TPSA) is 56.6 Å². The second-order valence-corrected chi connectivity index (χ2v) is 8.00. The predicted molar refractivity (Wildman–Crippen MR) is 87.4 cm³/mol. The fourth-order valence-corrected chi connectivity index (χ4v) is 4.39. The molecule has 2 aliphatic rings. The molecule has 0 saturated carbocycles. The van der Waals surface area contributed by atoms with Crippen molar-refractivity contribution in [2.24, 2.45) is 0 Å². The second-order valence-electron chi connectivity index (χ2n) is 5.06. The third kappa shape index (κ3) is 2.47. The Morgan fingerprint density at radius 3 is 3.04 bits per heavy atom. The first-order valence-corrected chi connectivity index (χ1v) is 8.68. The summed E-state index contributed by atoms with van der Waals surface area (Å²) in [6, 6.07) is 0.609. The Kier molecular flexibility index (Phi) is 3.67. The highest BCUT2D eigenvalue weighted by Crippen LogP contribution is 2.41. The monoisotopic (exact) mass is 453 g/mol. The Balaban J connectivity index is 1.78. The number of ether oxygens (including phenoxy) is 2. The molecule has 6 nitrogen and oxygen atoms in total. The minimum Gasteiger partial charge on any atom is -0.490 e. The number of cyclic esters (lactones) is 1. The van der Waals surface area contributed by atoms with Gasteiger partial charge >= 0.3 is 6.09 Å². The predicted octanol–water partition coefficient (Wildman–Crippen LogP) is 3.20. The quantitative estimate of drug-likeness (QED) is 0.656. The van der Waals surface area contributed by atoms with E-state index in [1.165, 1.54) is 11.3 Å². The summed E-state index contributed by atoms with van der Waals surface area (Å²) in [6.45, 7) is 0.651. The van der Waals surface area contributed by atoms with E-state index < -0.39 is 18.6 Å². The lowest BCUT2D eigenvalue weighted by molar-refractivity contribution is 0.104. The van der Waals surface area contributed by atoms with Gasteiger partial charge in [-0.05, 0) is 22.6 Å². The molecular formula is C13H10F2IN3O3S. The van der Waals surface area contributed by atoms with Crippen molar-refractivity contribution in [2.75, 3.05) is 18.1 Å². The van der Waals surface area contributed by atoms with Gasteiger partial charge in [0.15, 0.2) is 11.6 Å². The Labute approximate surface area is 147 Å². The van der Waals surface area contributed by atoms with Crippen LogP contribution in [0.5, 0.6) is 5.75 Å². The first-order valence-electron chi connectivity index (χ1n) is 6.78. The van der Waals surface area contributed by atoms with E-state index in [1.807, 2.05) is 10.6 Å². The maximum atomic E-state index is 13.1. The van der Waals surface area contributed by atoms with Crippen molar-refractivity contribution in [2.45, 2.75) is 19.0 Å². The van der Waals surface area contributed by atoms with E-state index in [9.17, 15) is 13.6 Å². The van der Waals surface area contributed by atoms with Crippen LogP contribution in [-0.2, 0) is 11.3 Å². The van der Waals surface area contributed by atoms with Gasteiger partial charge in [-0.2, -0.15) is 0 Å². The van der Waals surface area contributed by atoms with Crippen molar-refractivity contribution >= 4 is 45.8 Å². The van der Waals surface area contributed by atoms with E-state index >= 15 is 0 Å². The van der Waals surface area contributed by atoms with E-state index in [2.05, 4.69) is 27.6 Å². The average molecular weight is 453 g/mol. The summed E-state index contributed by atoms with van der Waals surface area (Å²) in [5.41, 5.74) is 0. The number of anilines is 1. The molecule has 0 aromatic carbocycles. The van der Waals surface area contributed by atoms with Gasteiger partial charge in [0.05, 0.1) is 9.43 Å². The third-order valence-corrected chi connectivity index (χ3v) is 5.54. The molecule has 0 aliphatic carbocycles. The van der Waals surface area contributed by atoms with Crippen LogP contribution in [0.25, 0.3) is 10.7 Å². The number of fused-ring (bicyclic) bond motifs is 3. The third-order valence-electron chi connectivity index (χ3n) is 3.67. The largest absolute Gasteiger partial charge is 0.490 e. The number of halogens is 3. The Morgan fingerprint density at radius 1 is 1.43 bits per heavy atom. The number of aromatic nitrogens is 2. The number of carbonyl (C=O) groups is 1. The van der Waals surface area contributed by atoms with Crippen LogP contribution in [0.1, 0.15) is 0 Å². The zero-order chi connectivity index (χ0) is 16.1. The lowest BCUT2D eigenvalue weighted by Crippen LogP contribution is -2.38. The SMILES string of the molecule is O=C1OCC(C(F)F)N1c1cn2c(n1)-c1sc(I)cc1OCC2. The summed E-state index contributed by atoms with van der Waals surface area (Å²) < 4.78 is 39.5. The van der Waals surface area contributed by atoms with Crippen molar-refractivity contribution in [3.8, 4) is 16.5 Å². The number of hydrogen-bond acceptors (Lipinski definition) is 5. The highest BCUT2D eigenvalue weighted by Gasteiger charge is 2.42. The number of alkyl halides is 2. The Morgan fingerprint density at radius 2 is 2.26 bits per heavy atom. The Hall–Kier alpha value is -1.43. The zero-order valence-electron chi connectivity index (χ0n) is 11.5. The van der Waals surface area contributed by atoms with Crippen LogP contribution < -0.4 is 9.64 Å². The summed E-state index contributed by atoms with van der Waals surface area (Å²) in [6.07, 6.45) is -1.88. The van der Waals surface area contributed by atoms with Crippen LogP contribution in [0.2, 0.25) is 0 Å². The molecule has 1 unspecified atom stereocenters. The van der Waals surface area contributed by atoms with Crippen LogP contribution in [-0.4, -0.2) is 41.3 Å². The first kappa shape index (κ1) is 15.1. The summed E-state index contributed by atoms with van der Waals surface area (Å²) in [4.78, 5) is 18.0. The Bertz CT molecular complexity index is 779. The van der Waals surface area contributed by atoms with E-state index in [0.29, 0.717) is 19.0 Å². The van der Waals surface area contributed by atoms with Gasteiger partial charge in [-0.3, -0.25) is 0 Å². The smallest absolute Gasteiger partial charge is 0.416 e. The lowest BCUT2D eigenvalue weighted by atomic mass is 10.3. The molecule has 4 heterocycles. The highest BCUT2D eigenvalue weighted by molar-refractivity contribution is 14.1. The lowest BCUT2D eigenvalue weighted by Gasteiger charge is -2.17. The van der Waals surface area contributed by atoms with Crippen molar-refractivity contribution in [1.82, 2.24) is 9.55 Å². The number of nitrogens with zero attached hydrogens (tertiary/aromatic N) is 3. The number of thiophene rings is 1. The van der Waals surface area contributed by atoms with Gasteiger partial charge in [-0.25, -0.2) is 23.5 Å². The number of rotatable bonds is 2. The molecule has 10 heteroatoms. The molecule has 2 aromatic rings. The molecule has 1 amide bonds. The second kappa shape index (κ2) is 5.58.